The Balaban J connectivity index is 1.64. The van der Waals surface area contributed by atoms with Gasteiger partial charge in [0.05, 0.1) is 40.2 Å². The van der Waals surface area contributed by atoms with Crippen LogP contribution >= 0.6 is 0 Å². The molecule has 0 saturated carbocycles. The largest absolute Gasteiger partial charge is 0.478 e. The van der Waals surface area contributed by atoms with Crippen molar-refractivity contribution in [2.24, 2.45) is 0 Å². The summed E-state index contributed by atoms with van der Waals surface area (Å²) in [6.07, 6.45) is 5.39. The molecule has 2 aromatic carbocycles. The molecule has 154 valence electrons. The monoisotopic (exact) mass is 412 g/mol. The first-order valence-electron chi connectivity index (χ1n) is 10.2. The summed E-state index contributed by atoms with van der Waals surface area (Å²) >= 11 is 0. The molecule has 2 aliphatic rings. The highest BCUT2D eigenvalue weighted by Gasteiger charge is 2.54. The first-order valence-corrected chi connectivity index (χ1v) is 10.2. The Morgan fingerprint density at radius 1 is 1.23 bits per heavy atom. The second-order valence-electron chi connectivity index (χ2n) is 8.17. The number of nitrogens with zero attached hydrogens (tertiary/aromatic N) is 4. The van der Waals surface area contributed by atoms with Gasteiger partial charge in [-0.15, -0.1) is 0 Å². The Bertz CT molecular complexity index is 1290. The maximum Gasteiger partial charge on any atom is 0.335 e. The summed E-state index contributed by atoms with van der Waals surface area (Å²) in [4.78, 5) is 27.0. The van der Waals surface area contributed by atoms with E-state index in [1.807, 2.05) is 23.0 Å². The van der Waals surface area contributed by atoms with E-state index in [0.717, 1.165) is 29.7 Å². The number of carboxylic acid groups (broad SMARTS) is 1. The molecule has 1 amide bonds. The number of fused-ring (bicyclic) bond motifs is 3. The summed E-state index contributed by atoms with van der Waals surface area (Å²) in [5.41, 5.74) is 4.00. The number of hydrogen-bond acceptors (Lipinski definition) is 4. The molecule has 1 N–H and O–H groups in total. The molecule has 0 radical (unpaired) electrons. The third-order valence-corrected chi connectivity index (χ3v) is 6.26. The fourth-order valence-corrected chi connectivity index (χ4v) is 4.86. The molecule has 7 heteroatoms. The summed E-state index contributed by atoms with van der Waals surface area (Å²) in [6.45, 7) is 2.81. The minimum atomic E-state index is -0.981. The minimum Gasteiger partial charge on any atom is -0.478 e. The van der Waals surface area contributed by atoms with E-state index in [9.17, 15) is 20.0 Å². The number of aromatic nitrogens is 2. The van der Waals surface area contributed by atoms with Crippen LogP contribution in [0.2, 0.25) is 0 Å². The van der Waals surface area contributed by atoms with Crippen LogP contribution in [0.4, 0.5) is 11.4 Å². The third kappa shape index (κ3) is 2.76. The summed E-state index contributed by atoms with van der Waals surface area (Å²) < 4.78 is 1.81. The van der Waals surface area contributed by atoms with E-state index in [2.05, 4.69) is 18.1 Å². The zero-order valence-corrected chi connectivity index (χ0v) is 17.0. The van der Waals surface area contributed by atoms with Crippen LogP contribution in [-0.4, -0.2) is 26.8 Å². The fourth-order valence-electron chi connectivity index (χ4n) is 4.86. The molecular weight excluding hydrogens is 392 g/mol. The van der Waals surface area contributed by atoms with Gasteiger partial charge in [-0.3, -0.25) is 14.4 Å². The number of carbonyl (C=O) groups excluding carboxylic acids is 1. The first kappa shape index (κ1) is 19.1. The number of nitriles is 1. The van der Waals surface area contributed by atoms with Gasteiger partial charge in [0, 0.05) is 12.7 Å². The topological polar surface area (TPSA) is 99.2 Å². The quantitative estimate of drug-likeness (QED) is 0.706. The van der Waals surface area contributed by atoms with Gasteiger partial charge in [0.1, 0.15) is 0 Å². The van der Waals surface area contributed by atoms with Crippen molar-refractivity contribution in [3.8, 4) is 6.07 Å². The van der Waals surface area contributed by atoms with E-state index in [-0.39, 0.29) is 11.5 Å². The Morgan fingerprint density at radius 2 is 2.03 bits per heavy atom. The lowest BCUT2D eigenvalue weighted by Gasteiger charge is -2.23. The number of anilines is 2. The molecule has 31 heavy (non-hydrogen) atoms. The third-order valence-electron chi connectivity index (χ3n) is 6.26. The average Bonchev–Trinajstić information content (AvgIpc) is 3.43. The fraction of sp³-hybridized carbons (Fsp3) is 0.250. The molecule has 0 bridgehead atoms. The zero-order valence-electron chi connectivity index (χ0n) is 17.0. The van der Waals surface area contributed by atoms with Crippen LogP contribution in [0.5, 0.6) is 0 Å². The number of aromatic carboxylic acids is 1. The standard InChI is InChI=1S/C24H20N4O3/c1-2-7-27-14-19(13-26-27)28-21-8-15(12-25)3-6-20(21)24(23(28)31)10-17-5-4-16(22(29)30)9-18(17)11-24/h3-6,8-9,13-14H,2,7,10-11H2,1H3,(H,29,30). The second-order valence-corrected chi connectivity index (χ2v) is 8.17. The van der Waals surface area contributed by atoms with E-state index in [0.29, 0.717) is 29.8 Å². The number of benzene rings is 2. The Hall–Kier alpha value is -3.92. The van der Waals surface area contributed by atoms with Crippen molar-refractivity contribution >= 4 is 23.3 Å². The lowest BCUT2D eigenvalue weighted by atomic mass is 9.78. The molecule has 1 aromatic heterocycles. The summed E-state index contributed by atoms with van der Waals surface area (Å²) in [6, 6.07) is 12.6. The highest BCUT2D eigenvalue weighted by atomic mass is 16.4. The number of hydrogen-bond donors (Lipinski definition) is 1. The van der Waals surface area contributed by atoms with Crippen molar-refractivity contribution in [2.75, 3.05) is 4.90 Å². The van der Waals surface area contributed by atoms with Gasteiger partial charge in [0.15, 0.2) is 0 Å². The zero-order chi connectivity index (χ0) is 21.8. The average molecular weight is 412 g/mol. The van der Waals surface area contributed by atoms with Crippen molar-refractivity contribution in [1.29, 1.82) is 5.26 Å². The van der Waals surface area contributed by atoms with Crippen LogP contribution < -0.4 is 4.90 Å². The first-order chi connectivity index (χ1) is 15.0. The lowest BCUT2D eigenvalue weighted by molar-refractivity contribution is -0.122. The SMILES string of the molecule is CCCn1cc(N2C(=O)C3(Cc4ccc(C(=O)O)cc4C3)c3ccc(C#N)cc32)cn1. The van der Waals surface area contributed by atoms with E-state index < -0.39 is 11.4 Å². The predicted molar refractivity (Wildman–Crippen MR) is 113 cm³/mol. The number of carbonyl (C=O) groups is 2. The number of aryl methyl sites for hydroxylation is 1. The molecule has 1 unspecified atom stereocenters. The second kappa shape index (κ2) is 6.81. The smallest absolute Gasteiger partial charge is 0.335 e. The van der Waals surface area contributed by atoms with Crippen molar-refractivity contribution in [3.05, 3.63) is 76.6 Å². The van der Waals surface area contributed by atoms with Crippen LogP contribution in [0.3, 0.4) is 0 Å². The highest BCUT2D eigenvalue weighted by Crippen LogP contribution is 2.52. The molecule has 7 nitrogen and oxygen atoms in total. The minimum absolute atomic E-state index is 0.0679. The Kier molecular flexibility index (Phi) is 4.19. The van der Waals surface area contributed by atoms with Crippen LogP contribution in [-0.2, 0) is 29.6 Å². The molecule has 0 fully saturated rings. The molecular formula is C24H20N4O3. The van der Waals surface area contributed by atoms with Crippen molar-refractivity contribution in [2.45, 2.75) is 38.1 Å². The summed E-state index contributed by atoms with van der Waals surface area (Å²) in [5, 5.41) is 23.2. The molecule has 2 heterocycles. The molecule has 5 rings (SSSR count). The lowest BCUT2D eigenvalue weighted by Crippen LogP contribution is -2.39. The summed E-state index contributed by atoms with van der Waals surface area (Å²) in [7, 11) is 0. The normalized spacial score (nSPS) is 18.8. The van der Waals surface area contributed by atoms with Gasteiger partial charge in [-0.1, -0.05) is 19.1 Å². The Morgan fingerprint density at radius 3 is 2.77 bits per heavy atom. The Labute approximate surface area is 179 Å². The van der Waals surface area contributed by atoms with Crippen molar-refractivity contribution in [3.63, 3.8) is 0 Å². The highest BCUT2D eigenvalue weighted by molar-refractivity contribution is 6.13. The van der Waals surface area contributed by atoms with Crippen LogP contribution in [0.1, 0.15) is 46.0 Å². The van der Waals surface area contributed by atoms with Crippen LogP contribution in [0, 0.1) is 11.3 Å². The van der Waals surface area contributed by atoms with Crippen LogP contribution in [0.15, 0.2) is 48.8 Å². The van der Waals surface area contributed by atoms with Gasteiger partial charge in [0.25, 0.3) is 0 Å². The molecule has 0 saturated heterocycles. The molecule has 1 atom stereocenters. The predicted octanol–water partition coefficient (Wildman–Crippen LogP) is 3.58. The summed E-state index contributed by atoms with van der Waals surface area (Å²) in [5.74, 6) is -1.05. The van der Waals surface area contributed by atoms with Gasteiger partial charge in [0.2, 0.25) is 5.91 Å². The van der Waals surface area contributed by atoms with Gasteiger partial charge in [-0.25, -0.2) is 4.79 Å². The number of carboxylic acids is 1. The molecule has 1 spiro atoms. The van der Waals surface area contributed by atoms with Crippen LogP contribution in [0.25, 0.3) is 0 Å². The molecule has 1 aliphatic heterocycles. The van der Waals surface area contributed by atoms with Crippen molar-refractivity contribution in [1.82, 2.24) is 9.78 Å². The maximum absolute atomic E-state index is 13.9. The van der Waals surface area contributed by atoms with Gasteiger partial charge in [-0.05, 0) is 60.2 Å². The van der Waals surface area contributed by atoms with Crippen molar-refractivity contribution < 1.29 is 14.7 Å². The van der Waals surface area contributed by atoms with E-state index in [1.54, 1.807) is 35.4 Å². The maximum atomic E-state index is 13.9. The molecule has 1 aliphatic carbocycles. The molecule has 3 aromatic rings. The van der Waals surface area contributed by atoms with E-state index in [1.165, 1.54) is 0 Å². The van der Waals surface area contributed by atoms with Gasteiger partial charge in [-0.2, -0.15) is 10.4 Å². The van der Waals surface area contributed by atoms with Gasteiger partial charge >= 0.3 is 5.97 Å². The van der Waals surface area contributed by atoms with E-state index in [4.69, 9.17) is 0 Å². The number of amides is 1. The van der Waals surface area contributed by atoms with Gasteiger partial charge < -0.3 is 5.11 Å². The van der Waals surface area contributed by atoms with E-state index >= 15 is 0 Å². The number of rotatable bonds is 4.